The number of fused-ring (bicyclic) bond motifs is 1. The van der Waals surface area contributed by atoms with Crippen molar-refractivity contribution in [1.29, 1.82) is 0 Å². The minimum absolute atomic E-state index is 0.155. The summed E-state index contributed by atoms with van der Waals surface area (Å²) in [5.74, 6) is 0. The van der Waals surface area contributed by atoms with Crippen LogP contribution in [0, 0.1) is 12.1 Å². The van der Waals surface area contributed by atoms with Gasteiger partial charge in [0.15, 0.2) is 0 Å². The van der Waals surface area contributed by atoms with E-state index in [4.69, 9.17) is 5.21 Å². The fourth-order valence-electron chi connectivity index (χ4n) is 2.05. The molecule has 2 aromatic heterocycles. The van der Waals surface area contributed by atoms with Gasteiger partial charge in [0.25, 0.3) is 0 Å². The van der Waals surface area contributed by atoms with Crippen LogP contribution in [-0.4, -0.2) is 14.6 Å². The van der Waals surface area contributed by atoms with Gasteiger partial charge in [-0.15, -0.1) is 0 Å². The molecule has 0 radical (unpaired) electrons. The second-order valence-corrected chi connectivity index (χ2v) is 4.37. The predicted molar refractivity (Wildman–Crippen MR) is 73.0 cm³/mol. The van der Waals surface area contributed by atoms with Crippen LogP contribution >= 0.6 is 0 Å². The second-order valence-electron chi connectivity index (χ2n) is 4.37. The Morgan fingerprint density at radius 1 is 1.21 bits per heavy atom. The van der Waals surface area contributed by atoms with Crippen LogP contribution in [0.4, 0.5) is 5.69 Å². The van der Waals surface area contributed by atoms with Crippen molar-refractivity contribution in [2.45, 2.75) is 6.92 Å². The third-order valence-corrected chi connectivity index (χ3v) is 3.06. The summed E-state index contributed by atoms with van der Waals surface area (Å²) >= 11 is 0. The molecule has 1 N–H and O–H groups in total. The van der Waals surface area contributed by atoms with Crippen molar-refractivity contribution >= 4 is 11.3 Å². The third kappa shape index (κ3) is 2.05. The first kappa shape index (κ1) is 11.7. The van der Waals surface area contributed by atoms with Crippen molar-refractivity contribution in [3.05, 3.63) is 59.6 Å². The van der Waals surface area contributed by atoms with Crippen LogP contribution in [0.5, 0.6) is 0 Å². The van der Waals surface area contributed by atoms with Gasteiger partial charge in [-0.1, -0.05) is 18.2 Å². The maximum absolute atomic E-state index is 10.7. The van der Waals surface area contributed by atoms with Gasteiger partial charge in [-0.2, -0.15) is 0 Å². The van der Waals surface area contributed by atoms with Crippen LogP contribution in [0.1, 0.15) is 5.56 Å². The van der Waals surface area contributed by atoms with E-state index in [9.17, 15) is 5.21 Å². The molecule has 0 aliphatic rings. The van der Waals surface area contributed by atoms with Crippen LogP contribution in [0.3, 0.4) is 0 Å². The van der Waals surface area contributed by atoms with E-state index in [2.05, 4.69) is 4.98 Å². The Hall–Kier alpha value is -2.37. The van der Waals surface area contributed by atoms with Crippen molar-refractivity contribution < 1.29 is 5.21 Å². The molecule has 1 aromatic carbocycles. The molecule has 0 aliphatic carbocycles. The van der Waals surface area contributed by atoms with Crippen molar-refractivity contribution in [1.82, 2.24) is 9.38 Å². The summed E-state index contributed by atoms with van der Waals surface area (Å²) in [6, 6.07) is 10.6. The molecule has 0 atom stereocenters. The Morgan fingerprint density at radius 3 is 2.58 bits per heavy atom. The number of aromatic nitrogens is 2. The summed E-state index contributed by atoms with van der Waals surface area (Å²) < 4.78 is 1.96. The fourth-order valence-corrected chi connectivity index (χ4v) is 2.05. The van der Waals surface area contributed by atoms with Crippen molar-refractivity contribution in [2.24, 2.45) is 0 Å². The van der Waals surface area contributed by atoms with Crippen LogP contribution in [0.2, 0.25) is 0 Å². The number of hydrogen-bond acceptors (Lipinski definition) is 4. The van der Waals surface area contributed by atoms with Gasteiger partial charge in [0.2, 0.25) is 0 Å². The number of rotatable bonds is 2. The molecule has 0 aliphatic heterocycles. The van der Waals surface area contributed by atoms with Gasteiger partial charge in [0.05, 0.1) is 11.4 Å². The molecular weight excluding hydrogens is 242 g/mol. The van der Waals surface area contributed by atoms with Gasteiger partial charge < -0.3 is 14.8 Å². The lowest BCUT2D eigenvalue weighted by atomic mass is 10.1. The Bertz CT molecular complexity index is 717. The summed E-state index contributed by atoms with van der Waals surface area (Å²) in [5.41, 5.74) is 3.94. The van der Waals surface area contributed by atoms with Crippen LogP contribution in [-0.2, 0) is 0 Å². The molecule has 5 heteroatoms. The summed E-state index contributed by atoms with van der Waals surface area (Å²) in [7, 11) is 0. The monoisotopic (exact) mass is 254 g/mol. The van der Waals surface area contributed by atoms with Gasteiger partial charge >= 0.3 is 0 Å². The number of imidazole rings is 1. The standard InChI is InChI=1S/C14H12N3O2/c1-10-3-2-8-16-9-13(15-14(10)16)11-4-6-12(7-5-11)17(18)19/h2-9,18H,1H3/q-1. The molecular formula is C14H12N3O2-. The normalized spacial score (nSPS) is 10.9. The van der Waals surface area contributed by atoms with Gasteiger partial charge in [0.1, 0.15) is 5.65 Å². The third-order valence-electron chi connectivity index (χ3n) is 3.06. The zero-order valence-corrected chi connectivity index (χ0v) is 10.3. The lowest BCUT2D eigenvalue weighted by molar-refractivity contribution is 0.296. The lowest BCUT2D eigenvalue weighted by Crippen LogP contribution is -2.06. The number of hydrogen-bond donors (Lipinski definition) is 1. The molecule has 5 nitrogen and oxygen atoms in total. The fraction of sp³-hybridized carbons (Fsp3) is 0.0714. The maximum Gasteiger partial charge on any atom is 0.140 e. The van der Waals surface area contributed by atoms with Crippen molar-refractivity contribution in [3.63, 3.8) is 0 Å². The molecule has 0 saturated heterocycles. The lowest BCUT2D eigenvalue weighted by Gasteiger charge is -2.21. The summed E-state index contributed by atoms with van der Waals surface area (Å²) in [6.07, 6.45) is 3.88. The first-order valence-electron chi connectivity index (χ1n) is 5.86. The molecule has 19 heavy (non-hydrogen) atoms. The highest BCUT2D eigenvalue weighted by molar-refractivity contribution is 5.66. The molecule has 3 aromatic rings. The van der Waals surface area contributed by atoms with Crippen LogP contribution in [0.25, 0.3) is 16.9 Å². The molecule has 2 heterocycles. The van der Waals surface area contributed by atoms with E-state index in [-0.39, 0.29) is 10.9 Å². The Morgan fingerprint density at radius 2 is 1.95 bits per heavy atom. The molecule has 0 bridgehead atoms. The topological polar surface area (TPSA) is 63.8 Å². The SMILES string of the molecule is Cc1cccn2cc(-c3ccc(N([O-])O)cc3)nc12. The summed E-state index contributed by atoms with van der Waals surface area (Å²) in [5, 5.41) is 19.4. The number of benzene rings is 1. The van der Waals surface area contributed by atoms with E-state index in [1.165, 1.54) is 0 Å². The van der Waals surface area contributed by atoms with E-state index >= 15 is 0 Å². The molecule has 0 saturated carbocycles. The minimum Gasteiger partial charge on any atom is -0.733 e. The van der Waals surface area contributed by atoms with E-state index in [1.807, 2.05) is 35.9 Å². The Balaban J connectivity index is 2.06. The highest BCUT2D eigenvalue weighted by atomic mass is 16.8. The van der Waals surface area contributed by atoms with Crippen molar-refractivity contribution in [3.8, 4) is 11.3 Å². The van der Waals surface area contributed by atoms with E-state index in [0.717, 1.165) is 22.5 Å². The molecule has 0 amide bonds. The van der Waals surface area contributed by atoms with Crippen molar-refractivity contribution in [2.75, 3.05) is 5.23 Å². The average molecular weight is 254 g/mol. The van der Waals surface area contributed by atoms with E-state index < -0.39 is 0 Å². The minimum atomic E-state index is -0.155. The zero-order chi connectivity index (χ0) is 13.4. The highest BCUT2D eigenvalue weighted by Gasteiger charge is 2.05. The van der Waals surface area contributed by atoms with Gasteiger partial charge in [-0.3, -0.25) is 5.21 Å². The second kappa shape index (κ2) is 4.38. The molecule has 3 rings (SSSR count). The quantitative estimate of drug-likeness (QED) is 0.714. The largest absolute Gasteiger partial charge is 0.733 e. The Labute approximate surface area is 109 Å². The predicted octanol–water partition coefficient (Wildman–Crippen LogP) is 3.00. The Kier molecular flexibility index (Phi) is 2.70. The molecule has 96 valence electrons. The maximum atomic E-state index is 10.7. The number of anilines is 1. The highest BCUT2D eigenvalue weighted by Crippen LogP contribution is 2.23. The number of pyridine rings is 1. The molecule has 0 spiro atoms. The smallest absolute Gasteiger partial charge is 0.140 e. The van der Waals surface area contributed by atoms with Gasteiger partial charge in [-0.05, 0) is 30.7 Å². The van der Waals surface area contributed by atoms with Crippen LogP contribution < -0.4 is 5.23 Å². The first-order chi connectivity index (χ1) is 9.15. The average Bonchev–Trinajstić information content (AvgIpc) is 2.84. The van der Waals surface area contributed by atoms with Gasteiger partial charge in [0, 0.05) is 18.0 Å². The zero-order valence-electron chi connectivity index (χ0n) is 10.3. The molecule has 0 unspecified atom stereocenters. The van der Waals surface area contributed by atoms with Gasteiger partial charge in [-0.25, -0.2) is 4.98 Å². The van der Waals surface area contributed by atoms with Crippen LogP contribution in [0.15, 0.2) is 48.8 Å². The number of aryl methyl sites for hydroxylation is 1. The number of nitrogens with zero attached hydrogens (tertiary/aromatic N) is 3. The van der Waals surface area contributed by atoms with E-state index in [0.29, 0.717) is 0 Å². The summed E-state index contributed by atoms with van der Waals surface area (Å²) in [6.45, 7) is 2.01. The summed E-state index contributed by atoms with van der Waals surface area (Å²) in [4.78, 5) is 4.57. The van der Waals surface area contributed by atoms with E-state index in [1.54, 1.807) is 24.3 Å². The first-order valence-corrected chi connectivity index (χ1v) is 5.86. The molecule has 0 fully saturated rings.